The third-order valence-electron chi connectivity index (χ3n) is 4.86. The van der Waals surface area contributed by atoms with E-state index in [1.165, 1.54) is 6.26 Å². The fraction of sp³-hybridized carbons (Fsp3) is 0.316. The van der Waals surface area contributed by atoms with Gasteiger partial charge in [0, 0.05) is 6.20 Å². The molecule has 0 aliphatic carbocycles. The molecule has 2 saturated heterocycles. The lowest BCUT2D eigenvalue weighted by atomic mass is 10.1. The molecule has 5 rings (SSSR count). The summed E-state index contributed by atoms with van der Waals surface area (Å²) in [6.45, 7) is 0.838. The summed E-state index contributed by atoms with van der Waals surface area (Å²) in [6, 6.07) is 8.89. The number of thiophene rings is 1. The monoisotopic (exact) mass is 398 g/mol. The number of hydrogen-bond donors (Lipinski definition) is 2. The average Bonchev–Trinajstić information content (AvgIpc) is 3.50. The molecule has 9 heteroatoms. The maximum absolute atomic E-state index is 12.2. The first-order valence-electron chi connectivity index (χ1n) is 8.99. The highest BCUT2D eigenvalue weighted by Crippen LogP contribution is 2.29. The topological polar surface area (TPSA) is 98.5 Å². The Morgan fingerprint density at radius 1 is 1.11 bits per heavy atom. The number of rotatable bonds is 5. The van der Waals surface area contributed by atoms with Crippen molar-refractivity contribution in [2.75, 3.05) is 18.5 Å². The van der Waals surface area contributed by atoms with Gasteiger partial charge >= 0.3 is 0 Å². The molecule has 4 unspecified atom stereocenters. The Hall–Kier alpha value is -2.75. The van der Waals surface area contributed by atoms with E-state index in [4.69, 9.17) is 13.9 Å². The first kappa shape index (κ1) is 17.4. The van der Waals surface area contributed by atoms with Gasteiger partial charge in [-0.25, -0.2) is 9.97 Å². The minimum absolute atomic E-state index is 0.0888. The van der Waals surface area contributed by atoms with Gasteiger partial charge in [0.1, 0.15) is 12.2 Å². The molecule has 144 valence electrons. The maximum Gasteiger partial charge on any atom is 0.287 e. The maximum atomic E-state index is 12.2. The lowest BCUT2D eigenvalue weighted by molar-refractivity contribution is 0.0646. The number of amides is 1. The Labute approximate surface area is 164 Å². The Kier molecular flexibility index (Phi) is 4.55. The van der Waals surface area contributed by atoms with Crippen molar-refractivity contribution in [3.8, 4) is 10.6 Å². The molecule has 3 aromatic rings. The van der Waals surface area contributed by atoms with Crippen LogP contribution in [-0.2, 0) is 9.47 Å². The second kappa shape index (κ2) is 7.34. The molecule has 28 heavy (non-hydrogen) atoms. The number of anilines is 1. The number of ether oxygens (including phenoxy) is 2. The van der Waals surface area contributed by atoms with Gasteiger partial charge in [0.2, 0.25) is 5.95 Å². The number of carbonyl (C=O) groups is 1. The molecule has 2 aliphatic heterocycles. The zero-order valence-electron chi connectivity index (χ0n) is 14.8. The highest BCUT2D eigenvalue weighted by Gasteiger charge is 2.48. The van der Waals surface area contributed by atoms with Crippen LogP contribution < -0.4 is 10.6 Å². The minimum Gasteiger partial charge on any atom is -0.459 e. The molecule has 2 fully saturated rings. The van der Waals surface area contributed by atoms with Gasteiger partial charge in [-0.15, -0.1) is 11.3 Å². The lowest BCUT2D eigenvalue weighted by Crippen LogP contribution is -2.44. The number of nitrogens with one attached hydrogen (secondary N) is 2. The van der Waals surface area contributed by atoms with Crippen LogP contribution in [0.5, 0.6) is 0 Å². The van der Waals surface area contributed by atoms with Gasteiger partial charge in [-0.2, -0.15) is 0 Å². The summed E-state index contributed by atoms with van der Waals surface area (Å²) in [5.41, 5.74) is 0.874. The summed E-state index contributed by atoms with van der Waals surface area (Å²) in [7, 11) is 0. The quantitative estimate of drug-likeness (QED) is 0.680. The number of furan rings is 1. The van der Waals surface area contributed by atoms with Crippen LogP contribution in [0.3, 0.4) is 0 Å². The molecule has 1 amide bonds. The van der Waals surface area contributed by atoms with E-state index in [0.717, 1.165) is 10.6 Å². The number of aromatic nitrogens is 2. The van der Waals surface area contributed by atoms with Crippen LogP contribution in [0.4, 0.5) is 5.95 Å². The van der Waals surface area contributed by atoms with Crippen LogP contribution in [0, 0.1) is 0 Å². The largest absolute Gasteiger partial charge is 0.459 e. The number of carbonyl (C=O) groups excluding carboxylic acids is 1. The standard InChI is InChI=1S/C19H18N4O4S/c24-18(14-3-1-7-25-14)21-12-9-26-17-13(10-27-16(12)17)23-19-20-6-5-11(22-19)15-4-2-8-28-15/h1-8,12-13,16-17H,9-10H2,(H,21,24)(H,20,22,23). The smallest absolute Gasteiger partial charge is 0.287 e. The van der Waals surface area contributed by atoms with E-state index in [9.17, 15) is 4.79 Å². The van der Waals surface area contributed by atoms with Crippen molar-refractivity contribution in [2.24, 2.45) is 0 Å². The van der Waals surface area contributed by atoms with Gasteiger partial charge in [-0.05, 0) is 29.6 Å². The molecule has 2 N–H and O–H groups in total. The van der Waals surface area contributed by atoms with Crippen LogP contribution in [0.15, 0.2) is 52.6 Å². The zero-order chi connectivity index (χ0) is 18.9. The van der Waals surface area contributed by atoms with Gasteiger partial charge < -0.3 is 24.5 Å². The van der Waals surface area contributed by atoms with Crippen molar-refractivity contribution < 1.29 is 18.7 Å². The lowest BCUT2D eigenvalue weighted by Gasteiger charge is -2.18. The summed E-state index contributed by atoms with van der Waals surface area (Å²) in [4.78, 5) is 22.2. The molecule has 8 nitrogen and oxygen atoms in total. The van der Waals surface area contributed by atoms with Crippen molar-refractivity contribution in [1.82, 2.24) is 15.3 Å². The SMILES string of the molecule is O=C(NC1COC2C(Nc3nccc(-c4cccs4)n3)COC12)c1ccco1. The fourth-order valence-electron chi connectivity index (χ4n) is 3.55. The van der Waals surface area contributed by atoms with Crippen molar-refractivity contribution in [2.45, 2.75) is 24.3 Å². The number of fused-ring (bicyclic) bond motifs is 1. The normalized spacial score (nSPS) is 26.1. The Balaban J connectivity index is 1.24. The summed E-state index contributed by atoms with van der Waals surface area (Å²) >= 11 is 1.63. The van der Waals surface area contributed by atoms with Gasteiger partial charge in [-0.3, -0.25) is 4.79 Å². The molecule has 2 aliphatic rings. The van der Waals surface area contributed by atoms with E-state index < -0.39 is 0 Å². The van der Waals surface area contributed by atoms with E-state index in [1.807, 2.05) is 23.6 Å². The van der Waals surface area contributed by atoms with Crippen molar-refractivity contribution >= 4 is 23.2 Å². The third kappa shape index (κ3) is 3.28. The first-order chi connectivity index (χ1) is 13.8. The van der Waals surface area contributed by atoms with Gasteiger partial charge in [-0.1, -0.05) is 6.07 Å². The van der Waals surface area contributed by atoms with Crippen LogP contribution in [-0.4, -0.2) is 53.4 Å². The molecule has 0 bridgehead atoms. The van der Waals surface area contributed by atoms with Crippen molar-refractivity contribution in [3.63, 3.8) is 0 Å². The van der Waals surface area contributed by atoms with Crippen molar-refractivity contribution in [1.29, 1.82) is 0 Å². The average molecular weight is 398 g/mol. The molecule has 0 spiro atoms. The first-order valence-corrected chi connectivity index (χ1v) is 9.87. The number of nitrogens with zero attached hydrogens (tertiary/aromatic N) is 2. The van der Waals surface area contributed by atoms with Gasteiger partial charge in [0.05, 0.1) is 42.1 Å². The van der Waals surface area contributed by atoms with E-state index in [2.05, 4.69) is 20.6 Å². The zero-order valence-corrected chi connectivity index (χ0v) is 15.6. The molecular formula is C19H18N4O4S. The summed E-state index contributed by atoms with van der Waals surface area (Å²) < 4.78 is 17.0. The fourth-order valence-corrected chi connectivity index (χ4v) is 4.24. The van der Waals surface area contributed by atoms with E-state index in [0.29, 0.717) is 19.2 Å². The van der Waals surface area contributed by atoms with Crippen LogP contribution in [0.25, 0.3) is 10.6 Å². The minimum atomic E-state index is -0.272. The highest BCUT2D eigenvalue weighted by molar-refractivity contribution is 7.13. The Morgan fingerprint density at radius 2 is 1.96 bits per heavy atom. The van der Waals surface area contributed by atoms with Crippen LogP contribution in [0.2, 0.25) is 0 Å². The molecular weight excluding hydrogens is 380 g/mol. The third-order valence-corrected chi connectivity index (χ3v) is 5.75. The molecule has 3 aromatic heterocycles. The van der Waals surface area contributed by atoms with E-state index in [1.54, 1.807) is 29.7 Å². The number of hydrogen-bond acceptors (Lipinski definition) is 8. The Bertz CT molecular complexity index is 947. The Morgan fingerprint density at radius 3 is 2.75 bits per heavy atom. The molecule has 5 heterocycles. The van der Waals surface area contributed by atoms with Crippen LogP contribution >= 0.6 is 11.3 Å². The van der Waals surface area contributed by atoms with E-state index in [-0.39, 0.29) is 36.0 Å². The summed E-state index contributed by atoms with van der Waals surface area (Å²) in [5, 5.41) is 8.26. The molecule has 0 aromatic carbocycles. The summed E-state index contributed by atoms with van der Waals surface area (Å²) in [6.07, 6.45) is 2.80. The molecule has 4 atom stereocenters. The van der Waals surface area contributed by atoms with Gasteiger partial charge in [0.15, 0.2) is 5.76 Å². The molecule has 0 saturated carbocycles. The van der Waals surface area contributed by atoms with Crippen LogP contribution in [0.1, 0.15) is 10.6 Å². The predicted molar refractivity (Wildman–Crippen MR) is 102 cm³/mol. The second-order valence-corrected chi connectivity index (χ2v) is 7.59. The molecule has 0 radical (unpaired) electrons. The second-order valence-electron chi connectivity index (χ2n) is 6.65. The predicted octanol–water partition coefficient (Wildman–Crippen LogP) is 2.17. The van der Waals surface area contributed by atoms with Gasteiger partial charge in [0.25, 0.3) is 5.91 Å². The summed E-state index contributed by atoms with van der Waals surface area (Å²) in [5.74, 6) is 0.535. The van der Waals surface area contributed by atoms with Crippen molar-refractivity contribution in [3.05, 3.63) is 53.9 Å². The van der Waals surface area contributed by atoms with E-state index >= 15 is 0 Å². The highest BCUT2D eigenvalue weighted by atomic mass is 32.1.